The van der Waals surface area contributed by atoms with Gasteiger partial charge in [0.25, 0.3) is 0 Å². The number of carbonyl (C=O) groups excluding carboxylic acids is 1. The molecule has 1 aliphatic heterocycles. The van der Waals surface area contributed by atoms with Crippen molar-refractivity contribution in [2.75, 3.05) is 56.6 Å². The van der Waals surface area contributed by atoms with Gasteiger partial charge < -0.3 is 25.2 Å². The van der Waals surface area contributed by atoms with Gasteiger partial charge in [0.2, 0.25) is 0 Å². The van der Waals surface area contributed by atoms with Gasteiger partial charge >= 0.3 is 11.9 Å². The molecule has 3 rings (SSSR count). The molecule has 2 heterocycles. The summed E-state index contributed by atoms with van der Waals surface area (Å²) in [6.07, 6.45) is 3.86. The number of carboxylic acid groups (broad SMARTS) is 2. The number of pyridine rings is 1. The minimum atomic E-state index is -1.26. The van der Waals surface area contributed by atoms with Crippen molar-refractivity contribution in [3.05, 3.63) is 60.3 Å². The van der Waals surface area contributed by atoms with Gasteiger partial charge in [0.1, 0.15) is 11.6 Å². The number of hydrogen-bond donors (Lipinski definition) is 3. The molecule has 0 spiro atoms. The Morgan fingerprint density at radius 2 is 1.63 bits per heavy atom. The molecule has 0 radical (unpaired) electrons. The van der Waals surface area contributed by atoms with Crippen LogP contribution >= 0.6 is 0 Å². The second-order valence-electron chi connectivity index (χ2n) is 9.77. The van der Waals surface area contributed by atoms with Crippen LogP contribution in [0.2, 0.25) is 0 Å². The normalized spacial score (nSPS) is 13.9. The topological polar surface area (TPSA) is 132 Å². The van der Waals surface area contributed by atoms with Crippen molar-refractivity contribution in [3.63, 3.8) is 0 Å². The number of aromatic nitrogens is 1. The van der Waals surface area contributed by atoms with Crippen LogP contribution in [0.4, 0.5) is 11.5 Å². The van der Waals surface area contributed by atoms with E-state index >= 15 is 0 Å². The van der Waals surface area contributed by atoms with Crippen molar-refractivity contribution in [1.29, 1.82) is 0 Å². The number of aliphatic carboxylic acids is 2. The highest BCUT2D eigenvalue weighted by molar-refractivity contribution is 6.03. The molecule has 0 amide bonds. The van der Waals surface area contributed by atoms with Crippen molar-refractivity contribution in [2.24, 2.45) is 5.41 Å². The van der Waals surface area contributed by atoms with Gasteiger partial charge in [-0.3, -0.25) is 9.69 Å². The van der Waals surface area contributed by atoms with Gasteiger partial charge in [-0.2, -0.15) is 0 Å². The van der Waals surface area contributed by atoms with E-state index in [4.69, 9.17) is 14.9 Å². The monoisotopic (exact) mass is 526 g/mol. The van der Waals surface area contributed by atoms with Gasteiger partial charge in [0.15, 0.2) is 5.78 Å². The molecule has 2 aromatic rings. The van der Waals surface area contributed by atoms with E-state index in [1.54, 1.807) is 13.3 Å². The third-order valence-corrected chi connectivity index (χ3v) is 5.84. The van der Waals surface area contributed by atoms with Crippen molar-refractivity contribution in [3.8, 4) is 5.75 Å². The zero-order valence-electron chi connectivity index (χ0n) is 22.5. The van der Waals surface area contributed by atoms with E-state index in [2.05, 4.69) is 32.2 Å². The summed E-state index contributed by atoms with van der Waals surface area (Å²) in [6, 6.07) is 11.9. The summed E-state index contributed by atoms with van der Waals surface area (Å²) in [5.41, 5.74) is 1.43. The number of ether oxygens (including phenoxy) is 1. The van der Waals surface area contributed by atoms with E-state index in [1.807, 2.05) is 45.0 Å². The van der Waals surface area contributed by atoms with Gasteiger partial charge in [-0.25, -0.2) is 14.6 Å². The summed E-state index contributed by atoms with van der Waals surface area (Å²) in [5.74, 6) is -0.769. The molecule has 1 aromatic heterocycles. The highest BCUT2D eigenvalue weighted by atomic mass is 16.5. The number of carboxylic acids is 2. The fraction of sp³-hybridized carbons (Fsp3) is 0.429. The van der Waals surface area contributed by atoms with Crippen LogP contribution in [0.15, 0.2) is 54.7 Å². The number of Topliss-reactive ketones (excluding diaryl/α,β-unsaturated/α-hetero) is 1. The van der Waals surface area contributed by atoms with Crippen LogP contribution in [0.25, 0.3) is 0 Å². The summed E-state index contributed by atoms with van der Waals surface area (Å²) in [5, 5.41) is 19.0. The molecule has 206 valence electrons. The first-order valence-corrected chi connectivity index (χ1v) is 12.5. The molecular weight excluding hydrogens is 488 g/mol. The summed E-state index contributed by atoms with van der Waals surface area (Å²) in [7, 11) is 1.73. The second kappa shape index (κ2) is 14.7. The summed E-state index contributed by atoms with van der Waals surface area (Å²) < 4.78 is 5.50. The van der Waals surface area contributed by atoms with E-state index in [9.17, 15) is 14.4 Å². The maximum atomic E-state index is 12.7. The second-order valence-corrected chi connectivity index (χ2v) is 9.77. The molecule has 0 atom stereocenters. The summed E-state index contributed by atoms with van der Waals surface area (Å²) >= 11 is 0. The Kier molecular flexibility index (Phi) is 11.7. The van der Waals surface area contributed by atoms with Gasteiger partial charge in [0.05, 0.1) is 18.4 Å². The Hall–Kier alpha value is -3.92. The van der Waals surface area contributed by atoms with Crippen LogP contribution in [-0.2, 0) is 9.59 Å². The first kappa shape index (κ1) is 30.3. The van der Waals surface area contributed by atoms with Gasteiger partial charge in [-0.05, 0) is 37.2 Å². The maximum Gasteiger partial charge on any atom is 0.328 e. The molecule has 0 saturated carbocycles. The molecule has 0 bridgehead atoms. The summed E-state index contributed by atoms with van der Waals surface area (Å²) in [4.78, 5) is 41.0. The van der Waals surface area contributed by atoms with Crippen molar-refractivity contribution in [2.45, 2.75) is 27.2 Å². The Morgan fingerprint density at radius 1 is 1.00 bits per heavy atom. The van der Waals surface area contributed by atoms with E-state index < -0.39 is 17.4 Å². The molecular formula is C28H38N4O6. The average Bonchev–Trinajstić information content (AvgIpc) is 2.90. The predicted molar refractivity (Wildman–Crippen MR) is 147 cm³/mol. The third kappa shape index (κ3) is 9.85. The fourth-order valence-corrected chi connectivity index (χ4v) is 3.89. The molecule has 1 aromatic carbocycles. The third-order valence-electron chi connectivity index (χ3n) is 5.84. The smallest absolute Gasteiger partial charge is 0.328 e. The lowest BCUT2D eigenvalue weighted by Crippen LogP contribution is -2.47. The number of piperazine rings is 1. The number of hydrogen-bond acceptors (Lipinski definition) is 8. The number of benzene rings is 1. The highest BCUT2D eigenvalue weighted by Crippen LogP contribution is 2.28. The molecule has 10 heteroatoms. The van der Waals surface area contributed by atoms with Crippen molar-refractivity contribution < 1.29 is 29.3 Å². The largest absolute Gasteiger partial charge is 0.495 e. The zero-order valence-corrected chi connectivity index (χ0v) is 22.5. The first-order chi connectivity index (χ1) is 18.0. The van der Waals surface area contributed by atoms with Gasteiger partial charge in [-0.15, -0.1) is 0 Å². The Morgan fingerprint density at radius 3 is 2.21 bits per heavy atom. The number of carbonyl (C=O) groups is 3. The molecule has 1 saturated heterocycles. The van der Waals surface area contributed by atoms with Crippen LogP contribution in [0, 0.1) is 5.41 Å². The van der Waals surface area contributed by atoms with E-state index in [-0.39, 0.29) is 5.78 Å². The number of nitrogens with one attached hydrogen (secondary N) is 1. The van der Waals surface area contributed by atoms with E-state index in [1.165, 1.54) is 5.69 Å². The molecule has 0 aliphatic carbocycles. The lowest BCUT2D eigenvalue weighted by atomic mass is 9.87. The average molecular weight is 527 g/mol. The van der Waals surface area contributed by atoms with Crippen LogP contribution in [0.1, 0.15) is 37.6 Å². The minimum Gasteiger partial charge on any atom is -0.495 e. The van der Waals surface area contributed by atoms with Crippen LogP contribution in [0.5, 0.6) is 5.75 Å². The molecule has 1 aliphatic rings. The number of nitrogens with zero attached hydrogens (tertiary/aromatic N) is 3. The maximum absolute atomic E-state index is 12.7. The van der Waals surface area contributed by atoms with Crippen LogP contribution < -0.4 is 15.0 Å². The summed E-state index contributed by atoms with van der Waals surface area (Å²) in [6.45, 7) is 11.7. The number of ketones is 1. The number of para-hydroxylation sites is 2. The van der Waals surface area contributed by atoms with Gasteiger partial charge in [0, 0.05) is 56.5 Å². The number of rotatable bonds is 10. The molecule has 1 fully saturated rings. The molecule has 0 unspecified atom stereocenters. The quantitative estimate of drug-likeness (QED) is 0.239. The Balaban J connectivity index is 0.000000550. The number of methoxy groups -OCH3 is 1. The highest BCUT2D eigenvalue weighted by Gasteiger charge is 2.25. The fourth-order valence-electron chi connectivity index (χ4n) is 3.89. The molecule has 3 N–H and O–H groups in total. The van der Waals surface area contributed by atoms with Crippen LogP contribution in [-0.4, -0.2) is 84.2 Å². The Bertz CT molecular complexity index is 1090. The zero-order chi connectivity index (χ0) is 28.1. The van der Waals surface area contributed by atoms with Crippen molar-refractivity contribution >= 4 is 29.2 Å². The minimum absolute atomic E-state index is 0.116. The lowest BCUT2D eigenvalue weighted by Gasteiger charge is -2.36. The van der Waals surface area contributed by atoms with E-state index in [0.717, 1.165) is 51.4 Å². The Labute approximate surface area is 223 Å². The SMILES string of the molecule is COc1ccccc1N1CCN(CCCNc2ncccc2C(=O)C(C)(C)C)CC1.O=C(O)/C=C\C(=O)O. The molecule has 10 nitrogen and oxygen atoms in total. The predicted octanol–water partition coefficient (Wildman–Crippen LogP) is 3.66. The van der Waals surface area contributed by atoms with Gasteiger partial charge in [-0.1, -0.05) is 32.9 Å². The lowest BCUT2D eigenvalue weighted by molar-refractivity contribution is -0.134. The van der Waals surface area contributed by atoms with E-state index in [0.29, 0.717) is 23.5 Å². The number of anilines is 2. The first-order valence-electron chi connectivity index (χ1n) is 12.5. The van der Waals surface area contributed by atoms with Crippen LogP contribution in [0.3, 0.4) is 0 Å². The standard InChI is InChI=1S/C24H34N4O2.C4H4O4/c1-24(2,3)22(29)19-9-7-12-25-23(19)26-13-8-14-27-15-17-28(18-16-27)20-10-5-6-11-21(20)30-4;5-3(6)1-2-4(7)8/h5-7,9-12H,8,13-18H2,1-4H3,(H,25,26);1-2H,(H,5,6)(H,7,8)/b;2-1-. The molecule has 38 heavy (non-hydrogen) atoms. The van der Waals surface area contributed by atoms with Crippen molar-refractivity contribution in [1.82, 2.24) is 9.88 Å².